The summed E-state index contributed by atoms with van der Waals surface area (Å²) < 4.78 is 3.08. The molecule has 0 unspecified atom stereocenters. The van der Waals surface area contributed by atoms with Crippen LogP contribution in [0.4, 0.5) is 5.69 Å². The molecular formula is C25H20ClN5O2. The van der Waals surface area contributed by atoms with Gasteiger partial charge in [0.1, 0.15) is 0 Å². The fourth-order valence-electron chi connectivity index (χ4n) is 3.86. The molecule has 33 heavy (non-hydrogen) atoms. The Balaban J connectivity index is 1.65. The minimum atomic E-state index is -0.481. The number of halogens is 1. The van der Waals surface area contributed by atoms with Gasteiger partial charge in [-0.15, -0.1) is 5.10 Å². The Morgan fingerprint density at radius 1 is 0.970 bits per heavy atom. The zero-order valence-corrected chi connectivity index (χ0v) is 18.8. The zero-order chi connectivity index (χ0) is 23.1. The minimum absolute atomic E-state index is 0.0732. The van der Waals surface area contributed by atoms with Crippen molar-refractivity contribution in [2.45, 2.75) is 20.4 Å². The van der Waals surface area contributed by atoms with Gasteiger partial charge in [0.05, 0.1) is 17.6 Å². The second-order valence-electron chi connectivity index (χ2n) is 8.01. The molecule has 0 atom stereocenters. The van der Waals surface area contributed by atoms with Crippen LogP contribution in [0.3, 0.4) is 0 Å². The normalized spacial score (nSPS) is 11.2. The Morgan fingerprint density at radius 2 is 1.76 bits per heavy atom. The van der Waals surface area contributed by atoms with Crippen LogP contribution in [0.1, 0.15) is 27.3 Å². The van der Waals surface area contributed by atoms with Gasteiger partial charge < -0.3 is 5.32 Å². The number of hydrogen-bond donors (Lipinski definition) is 1. The summed E-state index contributed by atoms with van der Waals surface area (Å²) in [5, 5.41) is 7.76. The third kappa shape index (κ3) is 3.99. The van der Waals surface area contributed by atoms with Crippen LogP contribution in [0.5, 0.6) is 0 Å². The van der Waals surface area contributed by atoms with Crippen LogP contribution in [-0.2, 0) is 6.54 Å². The molecular weight excluding hydrogens is 438 g/mol. The maximum absolute atomic E-state index is 13.5. The van der Waals surface area contributed by atoms with Gasteiger partial charge in [-0.25, -0.2) is 4.52 Å². The molecule has 0 radical (unpaired) electrons. The van der Waals surface area contributed by atoms with Crippen molar-refractivity contribution in [2.24, 2.45) is 0 Å². The first-order valence-corrected chi connectivity index (χ1v) is 10.8. The molecule has 3 aromatic carbocycles. The van der Waals surface area contributed by atoms with E-state index in [9.17, 15) is 9.59 Å². The van der Waals surface area contributed by atoms with E-state index in [0.29, 0.717) is 28.3 Å². The van der Waals surface area contributed by atoms with Gasteiger partial charge in [-0.3, -0.25) is 14.2 Å². The first kappa shape index (κ1) is 20.9. The van der Waals surface area contributed by atoms with E-state index in [-0.39, 0.29) is 17.0 Å². The van der Waals surface area contributed by atoms with Crippen molar-refractivity contribution in [3.8, 4) is 0 Å². The average molecular weight is 458 g/mol. The Bertz CT molecular complexity index is 1600. The van der Waals surface area contributed by atoms with Crippen molar-refractivity contribution in [2.75, 3.05) is 5.32 Å². The molecule has 7 nitrogen and oxygen atoms in total. The second kappa shape index (κ2) is 8.18. The van der Waals surface area contributed by atoms with E-state index in [4.69, 9.17) is 11.6 Å². The zero-order valence-electron chi connectivity index (χ0n) is 18.0. The third-order valence-corrected chi connectivity index (χ3v) is 5.64. The molecule has 0 aliphatic rings. The number of carbonyl (C=O) groups is 1. The van der Waals surface area contributed by atoms with Crippen LogP contribution in [0, 0.1) is 13.8 Å². The van der Waals surface area contributed by atoms with Gasteiger partial charge in [0.2, 0.25) is 11.5 Å². The molecule has 1 amide bonds. The van der Waals surface area contributed by atoms with Gasteiger partial charge in [-0.05, 0) is 66.9 Å². The molecule has 0 fully saturated rings. The van der Waals surface area contributed by atoms with Crippen LogP contribution < -0.4 is 10.9 Å². The number of fused-ring (bicyclic) bond motifs is 3. The summed E-state index contributed by atoms with van der Waals surface area (Å²) in [5.41, 5.74) is 4.66. The minimum Gasteiger partial charge on any atom is -0.319 e. The van der Waals surface area contributed by atoms with Crippen molar-refractivity contribution in [3.63, 3.8) is 0 Å². The molecule has 0 saturated carbocycles. The summed E-state index contributed by atoms with van der Waals surface area (Å²) in [6.45, 7) is 4.21. The van der Waals surface area contributed by atoms with E-state index < -0.39 is 5.91 Å². The predicted molar refractivity (Wildman–Crippen MR) is 129 cm³/mol. The molecule has 0 aliphatic heterocycles. The molecule has 0 bridgehead atoms. The Hall–Kier alpha value is -3.97. The summed E-state index contributed by atoms with van der Waals surface area (Å²) in [7, 11) is 0. The molecule has 164 valence electrons. The molecule has 2 heterocycles. The average Bonchev–Trinajstić information content (AvgIpc) is 3.23. The Morgan fingerprint density at radius 3 is 2.55 bits per heavy atom. The number of nitrogens with one attached hydrogen (secondary N) is 1. The Kier molecular flexibility index (Phi) is 5.18. The van der Waals surface area contributed by atoms with Gasteiger partial charge in [-0.1, -0.05) is 41.9 Å². The quantitative estimate of drug-likeness (QED) is 0.427. The summed E-state index contributed by atoms with van der Waals surface area (Å²) in [4.78, 5) is 30.6. The van der Waals surface area contributed by atoms with Gasteiger partial charge >= 0.3 is 0 Å². The monoisotopic (exact) mass is 457 g/mol. The van der Waals surface area contributed by atoms with Gasteiger partial charge in [0.15, 0.2) is 0 Å². The lowest BCUT2D eigenvalue weighted by Gasteiger charge is -2.12. The summed E-state index contributed by atoms with van der Waals surface area (Å²) in [6, 6.07) is 20.5. The molecule has 1 N–H and O–H groups in total. The van der Waals surface area contributed by atoms with E-state index in [1.165, 1.54) is 4.52 Å². The van der Waals surface area contributed by atoms with E-state index in [2.05, 4.69) is 15.4 Å². The van der Waals surface area contributed by atoms with E-state index in [1.807, 2.05) is 68.4 Å². The number of hydrogen-bond acceptors (Lipinski definition) is 4. The smallest absolute Gasteiger partial charge is 0.296 e. The third-order valence-electron chi connectivity index (χ3n) is 5.40. The number of aromatic nitrogens is 4. The van der Waals surface area contributed by atoms with Crippen LogP contribution in [-0.4, -0.2) is 25.1 Å². The summed E-state index contributed by atoms with van der Waals surface area (Å²) in [6.07, 6.45) is 0. The molecule has 5 rings (SSSR count). The fraction of sp³-hybridized carbons (Fsp3) is 0.120. The standard InChI is InChI=1S/C25H20ClN5O2/c1-15-5-3-8-19(11-15)27-24(32)22-28-23-25(33)30(14-17-6-4-7-18(26)13-17)21-12-16(2)9-10-20(21)31(23)29-22/h3-13H,14H2,1-2H3,(H,27,32). The highest BCUT2D eigenvalue weighted by Crippen LogP contribution is 2.19. The fourth-order valence-corrected chi connectivity index (χ4v) is 4.07. The second-order valence-corrected chi connectivity index (χ2v) is 8.44. The number of benzene rings is 3. The van der Waals surface area contributed by atoms with Crippen LogP contribution in [0.25, 0.3) is 16.7 Å². The largest absolute Gasteiger partial charge is 0.319 e. The highest BCUT2D eigenvalue weighted by Gasteiger charge is 2.19. The van der Waals surface area contributed by atoms with Crippen LogP contribution in [0.2, 0.25) is 5.02 Å². The summed E-state index contributed by atoms with van der Waals surface area (Å²) >= 11 is 6.15. The van der Waals surface area contributed by atoms with Crippen molar-refractivity contribution in [1.29, 1.82) is 0 Å². The highest BCUT2D eigenvalue weighted by atomic mass is 35.5. The maximum atomic E-state index is 13.5. The number of aryl methyl sites for hydroxylation is 2. The van der Waals surface area contributed by atoms with Gasteiger partial charge in [0.25, 0.3) is 11.5 Å². The van der Waals surface area contributed by atoms with Crippen LogP contribution in [0.15, 0.2) is 71.5 Å². The lowest BCUT2D eigenvalue weighted by molar-refractivity contribution is 0.101. The van der Waals surface area contributed by atoms with Gasteiger partial charge in [0, 0.05) is 10.7 Å². The number of amides is 1. The molecule has 0 spiro atoms. The van der Waals surface area contributed by atoms with Crippen molar-refractivity contribution in [1.82, 2.24) is 19.2 Å². The topological polar surface area (TPSA) is 81.3 Å². The predicted octanol–water partition coefficient (Wildman–Crippen LogP) is 4.62. The van der Waals surface area contributed by atoms with Crippen molar-refractivity contribution < 1.29 is 4.79 Å². The first-order chi connectivity index (χ1) is 15.9. The van der Waals surface area contributed by atoms with Crippen molar-refractivity contribution >= 4 is 39.9 Å². The van der Waals surface area contributed by atoms with E-state index in [0.717, 1.165) is 16.7 Å². The lowest BCUT2D eigenvalue weighted by atomic mass is 10.2. The maximum Gasteiger partial charge on any atom is 0.296 e. The number of nitrogens with zero attached hydrogens (tertiary/aromatic N) is 4. The lowest BCUT2D eigenvalue weighted by Crippen LogP contribution is -2.24. The molecule has 8 heteroatoms. The number of rotatable bonds is 4. The molecule has 0 saturated heterocycles. The Labute approximate surface area is 194 Å². The first-order valence-electron chi connectivity index (χ1n) is 10.4. The molecule has 2 aromatic heterocycles. The number of anilines is 1. The molecule has 0 aliphatic carbocycles. The van der Waals surface area contributed by atoms with E-state index >= 15 is 0 Å². The van der Waals surface area contributed by atoms with Crippen LogP contribution >= 0.6 is 11.6 Å². The van der Waals surface area contributed by atoms with E-state index in [1.54, 1.807) is 16.7 Å². The SMILES string of the molecule is Cc1cccc(NC(=O)c2nc3c(=O)n(Cc4cccc(Cl)c4)c4cc(C)ccc4n3n2)c1. The summed E-state index contributed by atoms with van der Waals surface area (Å²) in [5.74, 6) is -0.554. The number of carbonyl (C=O) groups excluding carboxylic acids is 1. The van der Waals surface area contributed by atoms with Gasteiger partial charge in [-0.2, -0.15) is 4.98 Å². The molecule has 5 aromatic rings. The highest BCUT2D eigenvalue weighted by molar-refractivity contribution is 6.30. The van der Waals surface area contributed by atoms with Crippen molar-refractivity contribution in [3.05, 3.63) is 105 Å².